The van der Waals surface area contributed by atoms with Crippen LogP contribution in [0, 0.1) is 0 Å². The third-order valence-corrected chi connectivity index (χ3v) is 4.53. The SMILES string of the molecule is CCOc1cc(C(=O)NCCC(=O)NCc2ccncc2)ccc1OCc1ccncc1. The highest BCUT2D eigenvalue weighted by Gasteiger charge is 2.12. The predicted octanol–water partition coefficient (Wildman–Crippen LogP) is 2.89. The summed E-state index contributed by atoms with van der Waals surface area (Å²) in [7, 11) is 0. The number of rotatable bonds is 11. The number of hydrogen-bond donors (Lipinski definition) is 2. The van der Waals surface area contributed by atoms with E-state index in [1.807, 2.05) is 31.2 Å². The highest BCUT2D eigenvalue weighted by Crippen LogP contribution is 2.29. The van der Waals surface area contributed by atoms with E-state index in [-0.39, 0.29) is 24.8 Å². The van der Waals surface area contributed by atoms with Crippen LogP contribution in [0.2, 0.25) is 0 Å². The van der Waals surface area contributed by atoms with Gasteiger partial charge in [0.05, 0.1) is 6.61 Å². The fourth-order valence-corrected chi connectivity index (χ4v) is 2.86. The Morgan fingerprint density at radius 1 is 0.844 bits per heavy atom. The van der Waals surface area contributed by atoms with Crippen molar-refractivity contribution in [3.05, 3.63) is 83.9 Å². The molecule has 0 spiro atoms. The lowest BCUT2D eigenvalue weighted by molar-refractivity contribution is -0.121. The normalized spacial score (nSPS) is 10.3. The van der Waals surface area contributed by atoms with Gasteiger partial charge in [-0.15, -0.1) is 0 Å². The van der Waals surface area contributed by atoms with Crippen molar-refractivity contribution in [2.24, 2.45) is 0 Å². The summed E-state index contributed by atoms with van der Waals surface area (Å²) in [6.07, 6.45) is 6.94. The molecule has 166 valence electrons. The minimum absolute atomic E-state index is 0.142. The fraction of sp³-hybridized carbons (Fsp3) is 0.250. The number of nitrogens with one attached hydrogen (secondary N) is 2. The van der Waals surface area contributed by atoms with Gasteiger partial charge in [-0.3, -0.25) is 19.6 Å². The number of carbonyl (C=O) groups is 2. The van der Waals surface area contributed by atoms with E-state index in [0.29, 0.717) is 36.8 Å². The Hall–Kier alpha value is -3.94. The fourth-order valence-electron chi connectivity index (χ4n) is 2.86. The van der Waals surface area contributed by atoms with E-state index in [1.165, 1.54) is 0 Å². The second kappa shape index (κ2) is 12.0. The van der Waals surface area contributed by atoms with Crippen LogP contribution in [0.5, 0.6) is 11.5 Å². The smallest absolute Gasteiger partial charge is 0.251 e. The zero-order valence-electron chi connectivity index (χ0n) is 17.9. The van der Waals surface area contributed by atoms with Gasteiger partial charge >= 0.3 is 0 Å². The van der Waals surface area contributed by atoms with Crippen LogP contribution in [0.3, 0.4) is 0 Å². The Labute approximate surface area is 187 Å². The van der Waals surface area contributed by atoms with Crippen molar-refractivity contribution in [3.63, 3.8) is 0 Å². The van der Waals surface area contributed by atoms with Gasteiger partial charge in [0, 0.05) is 49.9 Å². The maximum atomic E-state index is 12.5. The summed E-state index contributed by atoms with van der Waals surface area (Å²) in [5.41, 5.74) is 2.38. The van der Waals surface area contributed by atoms with Crippen LogP contribution in [0.4, 0.5) is 0 Å². The molecule has 2 aromatic heterocycles. The van der Waals surface area contributed by atoms with Gasteiger partial charge in [0.2, 0.25) is 5.91 Å². The van der Waals surface area contributed by atoms with E-state index in [9.17, 15) is 9.59 Å². The molecule has 0 fully saturated rings. The molecule has 0 radical (unpaired) electrons. The Kier molecular flexibility index (Phi) is 8.56. The first-order valence-corrected chi connectivity index (χ1v) is 10.4. The molecule has 2 amide bonds. The van der Waals surface area contributed by atoms with Crippen molar-refractivity contribution in [1.82, 2.24) is 20.6 Å². The van der Waals surface area contributed by atoms with Crippen molar-refractivity contribution in [1.29, 1.82) is 0 Å². The number of hydrogen-bond acceptors (Lipinski definition) is 6. The molecule has 0 atom stereocenters. The molecule has 2 heterocycles. The van der Waals surface area contributed by atoms with Crippen LogP contribution in [0.1, 0.15) is 34.8 Å². The average molecular weight is 434 g/mol. The van der Waals surface area contributed by atoms with E-state index < -0.39 is 0 Å². The molecule has 0 aliphatic carbocycles. The third-order valence-electron chi connectivity index (χ3n) is 4.53. The van der Waals surface area contributed by atoms with Crippen LogP contribution < -0.4 is 20.1 Å². The highest BCUT2D eigenvalue weighted by atomic mass is 16.5. The summed E-state index contributed by atoms with van der Waals surface area (Å²) < 4.78 is 11.5. The maximum Gasteiger partial charge on any atom is 0.251 e. The zero-order valence-corrected chi connectivity index (χ0v) is 17.9. The monoisotopic (exact) mass is 434 g/mol. The molecule has 0 unspecified atom stereocenters. The number of carbonyl (C=O) groups excluding carboxylic acids is 2. The molecule has 0 aliphatic rings. The molecule has 0 bridgehead atoms. The molecule has 0 saturated heterocycles. The van der Waals surface area contributed by atoms with Gasteiger partial charge in [-0.1, -0.05) is 0 Å². The quantitative estimate of drug-likeness (QED) is 0.481. The average Bonchev–Trinajstić information content (AvgIpc) is 2.83. The van der Waals surface area contributed by atoms with Gasteiger partial charge < -0.3 is 20.1 Å². The van der Waals surface area contributed by atoms with Crippen molar-refractivity contribution in [3.8, 4) is 11.5 Å². The number of pyridine rings is 2. The number of nitrogens with zero attached hydrogens (tertiary/aromatic N) is 2. The molecule has 0 aliphatic heterocycles. The molecule has 3 aromatic rings. The molecular formula is C24H26N4O4. The minimum atomic E-state index is -0.284. The first-order valence-electron chi connectivity index (χ1n) is 10.4. The first-order chi connectivity index (χ1) is 15.7. The molecule has 3 rings (SSSR count). The number of amides is 2. The Morgan fingerprint density at radius 3 is 2.22 bits per heavy atom. The van der Waals surface area contributed by atoms with E-state index in [4.69, 9.17) is 9.47 Å². The van der Waals surface area contributed by atoms with Crippen molar-refractivity contribution >= 4 is 11.8 Å². The number of aromatic nitrogens is 2. The molecule has 2 N–H and O–H groups in total. The number of ether oxygens (including phenoxy) is 2. The zero-order chi connectivity index (χ0) is 22.6. The van der Waals surface area contributed by atoms with E-state index in [0.717, 1.165) is 11.1 Å². The van der Waals surface area contributed by atoms with Gasteiger partial charge in [0.25, 0.3) is 5.91 Å². The molecular weight excluding hydrogens is 408 g/mol. The summed E-state index contributed by atoms with van der Waals surface area (Å²) in [6.45, 7) is 3.32. The first kappa shape index (κ1) is 22.7. The molecule has 1 aromatic carbocycles. The minimum Gasteiger partial charge on any atom is -0.490 e. The van der Waals surface area contributed by atoms with E-state index in [2.05, 4.69) is 20.6 Å². The van der Waals surface area contributed by atoms with Crippen molar-refractivity contribution in [2.45, 2.75) is 26.5 Å². The van der Waals surface area contributed by atoms with Gasteiger partial charge in [0.15, 0.2) is 11.5 Å². The largest absolute Gasteiger partial charge is 0.490 e. The van der Waals surface area contributed by atoms with E-state index >= 15 is 0 Å². The highest BCUT2D eigenvalue weighted by molar-refractivity contribution is 5.95. The number of benzene rings is 1. The second-order valence-corrected chi connectivity index (χ2v) is 6.88. The van der Waals surface area contributed by atoms with Gasteiger partial charge in [-0.05, 0) is 60.5 Å². The maximum absolute atomic E-state index is 12.5. The Bertz CT molecular complexity index is 1010. The van der Waals surface area contributed by atoms with Crippen molar-refractivity contribution in [2.75, 3.05) is 13.2 Å². The second-order valence-electron chi connectivity index (χ2n) is 6.88. The molecule has 0 saturated carbocycles. The molecule has 32 heavy (non-hydrogen) atoms. The lowest BCUT2D eigenvalue weighted by atomic mass is 10.2. The lowest BCUT2D eigenvalue weighted by Crippen LogP contribution is -2.30. The Balaban J connectivity index is 1.49. The third kappa shape index (κ3) is 7.09. The van der Waals surface area contributed by atoms with Gasteiger partial charge in [-0.25, -0.2) is 0 Å². The van der Waals surface area contributed by atoms with Gasteiger partial charge in [-0.2, -0.15) is 0 Å². The lowest BCUT2D eigenvalue weighted by Gasteiger charge is -2.13. The summed E-state index contributed by atoms with van der Waals surface area (Å²) in [4.78, 5) is 32.4. The molecule has 8 heteroatoms. The van der Waals surface area contributed by atoms with Crippen molar-refractivity contribution < 1.29 is 19.1 Å². The van der Waals surface area contributed by atoms with Crippen LogP contribution in [-0.4, -0.2) is 34.9 Å². The van der Waals surface area contributed by atoms with Crippen LogP contribution in [0.15, 0.2) is 67.3 Å². The van der Waals surface area contributed by atoms with Crippen LogP contribution in [-0.2, 0) is 17.9 Å². The van der Waals surface area contributed by atoms with Gasteiger partial charge in [0.1, 0.15) is 6.61 Å². The van der Waals surface area contributed by atoms with Crippen LogP contribution in [0.25, 0.3) is 0 Å². The summed E-state index contributed by atoms with van der Waals surface area (Å²) in [5.74, 6) is 0.616. The molecule has 8 nitrogen and oxygen atoms in total. The summed E-state index contributed by atoms with van der Waals surface area (Å²) >= 11 is 0. The summed E-state index contributed by atoms with van der Waals surface area (Å²) in [6, 6.07) is 12.4. The van der Waals surface area contributed by atoms with E-state index in [1.54, 1.807) is 43.0 Å². The topological polar surface area (TPSA) is 102 Å². The Morgan fingerprint density at radius 2 is 1.53 bits per heavy atom. The standard InChI is InChI=1S/C24H26N4O4/c1-2-31-22-15-20(3-4-21(22)32-17-19-7-12-26-13-8-19)24(30)27-14-9-23(29)28-16-18-5-10-25-11-6-18/h3-8,10-13,15H,2,9,14,16-17H2,1H3,(H,27,30)(H,28,29). The van der Waals surface area contributed by atoms with Crippen LogP contribution >= 0.6 is 0 Å². The predicted molar refractivity (Wildman–Crippen MR) is 119 cm³/mol. The summed E-state index contributed by atoms with van der Waals surface area (Å²) in [5, 5.41) is 5.58.